The van der Waals surface area contributed by atoms with Crippen LogP contribution < -0.4 is 5.32 Å². The number of nitrogens with one attached hydrogen (secondary N) is 1. The smallest absolute Gasteiger partial charge is 0.231 e. The van der Waals surface area contributed by atoms with Gasteiger partial charge in [-0.1, -0.05) is 49.0 Å². The zero-order valence-corrected chi connectivity index (χ0v) is 19.1. The number of furan rings is 1. The lowest BCUT2D eigenvalue weighted by Gasteiger charge is -2.18. The van der Waals surface area contributed by atoms with Gasteiger partial charge < -0.3 is 9.73 Å². The van der Waals surface area contributed by atoms with Gasteiger partial charge in [0.1, 0.15) is 0 Å². The van der Waals surface area contributed by atoms with Crippen molar-refractivity contribution in [1.29, 1.82) is 0 Å². The van der Waals surface area contributed by atoms with Crippen LogP contribution in [-0.2, 0) is 17.8 Å². The van der Waals surface area contributed by atoms with Gasteiger partial charge in [-0.3, -0.25) is 9.36 Å². The van der Waals surface area contributed by atoms with Crippen LogP contribution in [0.25, 0.3) is 11.6 Å². The summed E-state index contributed by atoms with van der Waals surface area (Å²) in [5, 5.41) is 14.4. The summed E-state index contributed by atoms with van der Waals surface area (Å²) < 4.78 is 7.41. The molecule has 1 atom stereocenters. The van der Waals surface area contributed by atoms with Gasteiger partial charge in [-0.05, 0) is 48.1 Å². The van der Waals surface area contributed by atoms with Gasteiger partial charge in [0.25, 0.3) is 0 Å². The molecule has 0 aliphatic carbocycles. The topological polar surface area (TPSA) is 73.0 Å². The molecule has 0 saturated carbocycles. The lowest BCUT2D eigenvalue weighted by Crippen LogP contribution is -2.30. The summed E-state index contributed by atoms with van der Waals surface area (Å²) in [5.74, 6) is 1.54. The van der Waals surface area contributed by atoms with Crippen molar-refractivity contribution in [3.63, 3.8) is 0 Å². The fraction of sp³-hybridized carbons (Fsp3) is 0.261. The molecule has 3 heterocycles. The van der Waals surface area contributed by atoms with E-state index in [1.807, 2.05) is 35.1 Å². The number of hydrogen-bond acceptors (Lipinski definition) is 6. The fourth-order valence-electron chi connectivity index (χ4n) is 3.32. The highest BCUT2D eigenvalue weighted by atomic mass is 32.2. The first-order chi connectivity index (χ1) is 15.2. The van der Waals surface area contributed by atoms with Crippen molar-refractivity contribution in [2.45, 2.75) is 38.0 Å². The molecule has 6 nitrogen and oxygen atoms in total. The SMILES string of the molecule is CCc1ccc(C(NC(=O)CSc2nnc(-c3ccco3)n2CC)c2cccs2)cc1. The summed E-state index contributed by atoms with van der Waals surface area (Å²) in [7, 11) is 0. The molecule has 1 unspecified atom stereocenters. The van der Waals surface area contributed by atoms with Crippen LogP contribution in [0.3, 0.4) is 0 Å². The van der Waals surface area contributed by atoms with Gasteiger partial charge in [0.05, 0.1) is 18.1 Å². The Morgan fingerprint density at radius 1 is 1.16 bits per heavy atom. The number of aromatic nitrogens is 3. The molecule has 1 N–H and O–H groups in total. The number of thioether (sulfide) groups is 1. The van der Waals surface area contributed by atoms with E-state index in [0.717, 1.165) is 16.9 Å². The standard InChI is InChI=1S/C23H24N4O2S2/c1-3-16-9-11-17(12-10-16)21(19-8-6-14-30-19)24-20(28)15-31-23-26-25-22(27(23)4-2)18-7-5-13-29-18/h5-14,21H,3-4,15H2,1-2H3,(H,24,28). The van der Waals surface area contributed by atoms with E-state index < -0.39 is 0 Å². The van der Waals surface area contributed by atoms with E-state index in [2.05, 4.69) is 52.8 Å². The predicted octanol–water partition coefficient (Wildman–Crippen LogP) is 5.18. The summed E-state index contributed by atoms with van der Waals surface area (Å²) in [6.07, 6.45) is 2.60. The maximum absolute atomic E-state index is 12.9. The molecule has 8 heteroatoms. The Bertz CT molecular complexity index is 1100. The molecule has 31 heavy (non-hydrogen) atoms. The number of hydrogen-bond donors (Lipinski definition) is 1. The minimum atomic E-state index is -0.165. The average molecular weight is 453 g/mol. The second kappa shape index (κ2) is 9.98. The highest BCUT2D eigenvalue weighted by Crippen LogP contribution is 2.28. The number of benzene rings is 1. The molecule has 1 aromatic carbocycles. The number of amides is 1. The number of thiophene rings is 1. The van der Waals surface area contributed by atoms with E-state index in [0.29, 0.717) is 23.3 Å². The number of carbonyl (C=O) groups excluding carboxylic acids is 1. The molecule has 4 aromatic rings. The van der Waals surface area contributed by atoms with Gasteiger partial charge in [-0.15, -0.1) is 21.5 Å². The van der Waals surface area contributed by atoms with E-state index in [9.17, 15) is 4.79 Å². The van der Waals surface area contributed by atoms with Crippen LogP contribution in [0, 0.1) is 0 Å². The van der Waals surface area contributed by atoms with E-state index in [1.165, 1.54) is 17.3 Å². The Labute approximate surface area is 189 Å². The van der Waals surface area contributed by atoms with Crippen LogP contribution in [0.1, 0.15) is 35.9 Å². The quantitative estimate of drug-likeness (QED) is 0.354. The molecular weight excluding hydrogens is 428 g/mol. The fourth-order valence-corrected chi connectivity index (χ4v) is 4.94. The lowest BCUT2D eigenvalue weighted by molar-refractivity contribution is -0.119. The highest BCUT2D eigenvalue weighted by molar-refractivity contribution is 7.99. The normalized spacial score (nSPS) is 12.1. The second-order valence-electron chi connectivity index (χ2n) is 6.93. The van der Waals surface area contributed by atoms with Gasteiger partial charge >= 0.3 is 0 Å². The van der Waals surface area contributed by atoms with E-state index in [1.54, 1.807) is 17.6 Å². The molecule has 0 aliphatic heterocycles. The Morgan fingerprint density at radius 2 is 2.00 bits per heavy atom. The van der Waals surface area contributed by atoms with Gasteiger partial charge in [0, 0.05) is 11.4 Å². The summed E-state index contributed by atoms with van der Waals surface area (Å²) in [6, 6.07) is 16.0. The molecule has 0 saturated heterocycles. The zero-order chi connectivity index (χ0) is 21.6. The van der Waals surface area contributed by atoms with E-state index >= 15 is 0 Å². The third-order valence-electron chi connectivity index (χ3n) is 4.96. The Balaban J connectivity index is 1.46. The Kier molecular flexibility index (Phi) is 6.89. The first-order valence-electron chi connectivity index (χ1n) is 10.2. The van der Waals surface area contributed by atoms with Crippen molar-refractivity contribution in [2.75, 3.05) is 5.75 Å². The third kappa shape index (κ3) is 4.91. The monoisotopic (exact) mass is 452 g/mol. The summed E-state index contributed by atoms with van der Waals surface area (Å²) in [5.41, 5.74) is 2.36. The van der Waals surface area contributed by atoms with E-state index in [4.69, 9.17) is 4.42 Å². The molecule has 1 amide bonds. The van der Waals surface area contributed by atoms with Gasteiger partial charge in [0.15, 0.2) is 16.7 Å². The van der Waals surface area contributed by atoms with Crippen molar-refractivity contribution >= 4 is 29.0 Å². The zero-order valence-electron chi connectivity index (χ0n) is 17.4. The second-order valence-corrected chi connectivity index (χ2v) is 8.85. The van der Waals surface area contributed by atoms with Crippen LogP contribution in [-0.4, -0.2) is 26.4 Å². The molecule has 3 aromatic heterocycles. The summed E-state index contributed by atoms with van der Waals surface area (Å²) in [4.78, 5) is 14.0. The van der Waals surface area contributed by atoms with E-state index in [-0.39, 0.29) is 17.7 Å². The minimum Gasteiger partial charge on any atom is -0.461 e. The number of nitrogens with zero attached hydrogens (tertiary/aromatic N) is 3. The largest absolute Gasteiger partial charge is 0.461 e. The maximum Gasteiger partial charge on any atom is 0.231 e. The third-order valence-corrected chi connectivity index (χ3v) is 6.87. The van der Waals surface area contributed by atoms with Crippen LogP contribution in [0.4, 0.5) is 0 Å². The van der Waals surface area contributed by atoms with Crippen LogP contribution in [0.15, 0.2) is 69.7 Å². The number of carbonyl (C=O) groups is 1. The van der Waals surface area contributed by atoms with Gasteiger partial charge in [0.2, 0.25) is 5.91 Å². The first-order valence-corrected chi connectivity index (χ1v) is 12.1. The van der Waals surface area contributed by atoms with Crippen molar-refractivity contribution in [3.8, 4) is 11.6 Å². The lowest BCUT2D eigenvalue weighted by atomic mass is 10.0. The molecule has 0 fully saturated rings. The molecule has 0 aliphatic rings. The van der Waals surface area contributed by atoms with Crippen LogP contribution in [0.2, 0.25) is 0 Å². The van der Waals surface area contributed by atoms with Crippen LogP contribution in [0.5, 0.6) is 0 Å². The minimum absolute atomic E-state index is 0.0480. The Morgan fingerprint density at radius 3 is 2.65 bits per heavy atom. The predicted molar refractivity (Wildman–Crippen MR) is 124 cm³/mol. The van der Waals surface area contributed by atoms with Crippen molar-refractivity contribution in [2.24, 2.45) is 0 Å². The molecule has 0 spiro atoms. The average Bonchev–Trinajstić information content (AvgIpc) is 3.57. The van der Waals surface area contributed by atoms with Crippen molar-refractivity contribution < 1.29 is 9.21 Å². The van der Waals surface area contributed by atoms with Crippen LogP contribution >= 0.6 is 23.1 Å². The maximum atomic E-state index is 12.9. The number of rotatable bonds is 9. The number of aryl methyl sites for hydroxylation is 1. The highest BCUT2D eigenvalue weighted by Gasteiger charge is 2.20. The van der Waals surface area contributed by atoms with Crippen molar-refractivity contribution in [1.82, 2.24) is 20.1 Å². The molecule has 0 radical (unpaired) electrons. The first kappa shape index (κ1) is 21.4. The Hall–Kier alpha value is -2.84. The molecule has 0 bridgehead atoms. The van der Waals surface area contributed by atoms with Gasteiger partial charge in [-0.2, -0.15) is 0 Å². The summed E-state index contributed by atoms with van der Waals surface area (Å²) >= 11 is 3.02. The molecule has 4 rings (SSSR count). The molecular formula is C23H24N4O2S2. The molecule has 160 valence electrons. The van der Waals surface area contributed by atoms with Gasteiger partial charge in [-0.25, -0.2) is 0 Å². The summed E-state index contributed by atoms with van der Waals surface area (Å²) in [6.45, 7) is 4.85. The van der Waals surface area contributed by atoms with Crippen molar-refractivity contribution in [3.05, 3.63) is 76.2 Å².